The molecule has 0 bridgehead atoms. The number of nitrogens with one attached hydrogen (secondary N) is 2. The summed E-state index contributed by atoms with van der Waals surface area (Å²) >= 11 is 0.956. The zero-order valence-electron chi connectivity index (χ0n) is 16.0. The SMILES string of the molecule is Cl.N=C(N)c1cc(CN2CC[C@H](NS(=O)(=O)c3cc4ccc(F)cc4s3)C2=O)ccn1. The van der Waals surface area contributed by atoms with Crippen molar-refractivity contribution >= 4 is 55.6 Å². The number of hydrogen-bond acceptors (Lipinski definition) is 6. The number of thiophene rings is 1. The third-order valence-corrected chi connectivity index (χ3v) is 7.84. The van der Waals surface area contributed by atoms with E-state index in [1.165, 1.54) is 30.5 Å². The molecular formula is C19H19ClFN5O3S2. The molecule has 4 rings (SSSR count). The maximum Gasteiger partial charge on any atom is 0.250 e. The van der Waals surface area contributed by atoms with Crippen LogP contribution in [0.25, 0.3) is 10.1 Å². The number of carbonyl (C=O) groups excluding carboxylic acids is 1. The van der Waals surface area contributed by atoms with Gasteiger partial charge in [0.2, 0.25) is 5.91 Å². The molecule has 0 saturated carbocycles. The number of nitrogens with two attached hydrogens (primary N) is 1. The number of likely N-dealkylation sites (tertiary alicyclic amines) is 1. The molecule has 1 fully saturated rings. The fraction of sp³-hybridized carbons (Fsp3) is 0.211. The van der Waals surface area contributed by atoms with Crippen molar-refractivity contribution in [2.24, 2.45) is 5.73 Å². The number of carbonyl (C=O) groups is 1. The summed E-state index contributed by atoms with van der Waals surface area (Å²) in [4.78, 5) is 18.3. The lowest BCUT2D eigenvalue weighted by atomic mass is 10.2. The Hall–Kier alpha value is -2.60. The number of aromatic nitrogens is 1. The largest absolute Gasteiger partial charge is 0.382 e. The summed E-state index contributed by atoms with van der Waals surface area (Å²) in [6.45, 7) is 0.656. The summed E-state index contributed by atoms with van der Waals surface area (Å²) in [7, 11) is -3.92. The maximum absolute atomic E-state index is 13.4. The van der Waals surface area contributed by atoms with Crippen LogP contribution in [0.5, 0.6) is 0 Å². The van der Waals surface area contributed by atoms with Crippen LogP contribution < -0.4 is 10.5 Å². The zero-order valence-corrected chi connectivity index (χ0v) is 18.5. The molecule has 164 valence electrons. The molecule has 8 nitrogen and oxygen atoms in total. The van der Waals surface area contributed by atoms with Crippen LogP contribution in [0, 0.1) is 11.2 Å². The molecule has 2 aromatic heterocycles. The molecule has 0 aliphatic carbocycles. The molecule has 4 N–H and O–H groups in total. The highest BCUT2D eigenvalue weighted by Crippen LogP contribution is 2.30. The van der Waals surface area contributed by atoms with Crippen molar-refractivity contribution in [2.75, 3.05) is 6.54 Å². The minimum atomic E-state index is -3.92. The number of fused-ring (bicyclic) bond motifs is 1. The quantitative estimate of drug-likeness (QED) is 0.365. The Morgan fingerprint density at radius 3 is 2.84 bits per heavy atom. The summed E-state index contributed by atoms with van der Waals surface area (Å²) in [5.74, 6) is -0.933. The average Bonchev–Trinajstić information content (AvgIpc) is 3.27. The topological polar surface area (TPSA) is 129 Å². The Balaban J connectivity index is 0.00000272. The first kappa shape index (κ1) is 23.1. The number of amidine groups is 1. The van der Waals surface area contributed by atoms with Gasteiger partial charge in [0.1, 0.15) is 27.6 Å². The smallest absolute Gasteiger partial charge is 0.250 e. The van der Waals surface area contributed by atoms with Gasteiger partial charge in [0.25, 0.3) is 10.0 Å². The van der Waals surface area contributed by atoms with Crippen LogP contribution in [-0.4, -0.2) is 42.6 Å². The lowest BCUT2D eigenvalue weighted by molar-refractivity contribution is -0.129. The molecule has 3 heterocycles. The predicted octanol–water partition coefficient (Wildman–Crippen LogP) is 2.22. The second-order valence-electron chi connectivity index (χ2n) is 6.93. The summed E-state index contributed by atoms with van der Waals surface area (Å²) in [5.41, 5.74) is 6.51. The molecular weight excluding hydrogens is 465 g/mol. The van der Waals surface area contributed by atoms with Crippen molar-refractivity contribution in [3.8, 4) is 0 Å². The highest BCUT2D eigenvalue weighted by molar-refractivity contribution is 7.91. The van der Waals surface area contributed by atoms with Crippen LogP contribution in [0.2, 0.25) is 0 Å². The van der Waals surface area contributed by atoms with E-state index in [1.807, 2.05) is 0 Å². The Morgan fingerprint density at radius 1 is 1.32 bits per heavy atom. The minimum absolute atomic E-state index is 0. The van der Waals surface area contributed by atoms with Crippen LogP contribution >= 0.6 is 23.7 Å². The summed E-state index contributed by atoms with van der Waals surface area (Å²) in [6.07, 6.45) is 1.85. The van der Waals surface area contributed by atoms with Crippen LogP contribution in [0.4, 0.5) is 4.39 Å². The number of pyridine rings is 1. The van der Waals surface area contributed by atoms with Gasteiger partial charge in [-0.05, 0) is 47.7 Å². The van der Waals surface area contributed by atoms with Gasteiger partial charge in [-0.3, -0.25) is 15.2 Å². The van der Waals surface area contributed by atoms with E-state index in [4.69, 9.17) is 11.1 Å². The van der Waals surface area contributed by atoms with Gasteiger partial charge in [-0.2, -0.15) is 4.72 Å². The number of rotatable bonds is 6. The second-order valence-corrected chi connectivity index (χ2v) is 9.96. The Morgan fingerprint density at radius 2 is 2.10 bits per heavy atom. The fourth-order valence-corrected chi connectivity index (χ4v) is 5.97. The number of amides is 1. The molecule has 0 radical (unpaired) electrons. The molecule has 1 aliphatic heterocycles. The summed E-state index contributed by atoms with van der Waals surface area (Å²) < 4.78 is 41.9. The van der Waals surface area contributed by atoms with E-state index in [1.54, 1.807) is 17.0 Å². The first-order chi connectivity index (χ1) is 14.2. The normalized spacial score (nSPS) is 16.5. The number of nitrogen functional groups attached to an aromatic ring is 1. The van der Waals surface area contributed by atoms with Crippen molar-refractivity contribution in [3.05, 3.63) is 59.7 Å². The minimum Gasteiger partial charge on any atom is -0.382 e. The van der Waals surface area contributed by atoms with E-state index in [-0.39, 0.29) is 34.9 Å². The summed E-state index contributed by atoms with van der Waals surface area (Å²) in [6, 6.07) is 8.02. The van der Waals surface area contributed by atoms with Crippen LogP contribution in [0.3, 0.4) is 0 Å². The number of hydrogen-bond donors (Lipinski definition) is 3. The molecule has 1 atom stereocenters. The van der Waals surface area contributed by atoms with Crippen LogP contribution in [0.1, 0.15) is 17.7 Å². The first-order valence-electron chi connectivity index (χ1n) is 9.02. The maximum atomic E-state index is 13.4. The standard InChI is InChI=1S/C19H18FN5O3S2.ClH/c20-13-2-1-12-8-17(29-16(12)9-13)30(27,28)24-14-4-6-25(19(14)26)10-11-3-5-23-15(7-11)18(21)22;/h1-3,5,7-9,14,24H,4,6,10H2,(H3,21,22);1H/t14-;/m0./s1. The molecule has 1 aromatic carbocycles. The average molecular weight is 484 g/mol. The third-order valence-electron chi connectivity index (χ3n) is 4.79. The zero-order chi connectivity index (χ0) is 21.5. The highest BCUT2D eigenvalue weighted by atomic mass is 35.5. The van der Waals surface area contributed by atoms with Crippen molar-refractivity contribution < 1.29 is 17.6 Å². The molecule has 12 heteroatoms. The summed E-state index contributed by atoms with van der Waals surface area (Å²) in [5, 5.41) is 8.08. The Bertz CT molecular complexity index is 1260. The van der Waals surface area contributed by atoms with Crippen molar-refractivity contribution in [2.45, 2.75) is 23.2 Å². The monoisotopic (exact) mass is 483 g/mol. The van der Waals surface area contributed by atoms with Gasteiger partial charge in [0.05, 0.1) is 0 Å². The first-order valence-corrected chi connectivity index (χ1v) is 11.3. The third kappa shape index (κ3) is 4.85. The predicted molar refractivity (Wildman–Crippen MR) is 118 cm³/mol. The molecule has 0 spiro atoms. The molecule has 3 aromatic rings. The Kier molecular flexibility index (Phi) is 6.60. The van der Waals surface area contributed by atoms with Gasteiger partial charge in [-0.1, -0.05) is 6.07 Å². The van der Waals surface area contributed by atoms with Crippen LogP contribution in [0.15, 0.2) is 46.8 Å². The van der Waals surface area contributed by atoms with Gasteiger partial charge < -0.3 is 10.6 Å². The van der Waals surface area contributed by atoms with E-state index in [2.05, 4.69) is 9.71 Å². The highest BCUT2D eigenvalue weighted by Gasteiger charge is 2.35. The van der Waals surface area contributed by atoms with Gasteiger partial charge in [-0.25, -0.2) is 12.8 Å². The molecule has 31 heavy (non-hydrogen) atoms. The fourth-order valence-electron chi connectivity index (χ4n) is 3.30. The van der Waals surface area contributed by atoms with Gasteiger partial charge in [0, 0.05) is 24.0 Å². The van der Waals surface area contributed by atoms with E-state index in [9.17, 15) is 17.6 Å². The van der Waals surface area contributed by atoms with E-state index < -0.39 is 21.9 Å². The number of halogens is 2. The van der Waals surface area contributed by atoms with E-state index in [0.717, 1.165) is 16.9 Å². The van der Waals surface area contributed by atoms with Gasteiger partial charge in [0.15, 0.2) is 0 Å². The second kappa shape index (κ2) is 8.87. The lowest BCUT2D eigenvalue weighted by Crippen LogP contribution is -2.41. The van der Waals surface area contributed by atoms with Crippen molar-refractivity contribution in [1.82, 2.24) is 14.6 Å². The molecule has 1 aliphatic rings. The van der Waals surface area contributed by atoms with E-state index in [0.29, 0.717) is 28.7 Å². The van der Waals surface area contributed by atoms with Crippen molar-refractivity contribution in [3.63, 3.8) is 0 Å². The van der Waals surface area contributed by atoms with Crippen molar-refractivity contribution in [1.29, 1.82) is 5.41 Å². The molecule has 0 unspecified atom stereocenters. The number of nitrogens with zero attached hydrogens (tertiary/aromatic N) is 2. The van der Waals surface area contributed by atoms with Crippen LogP contribution in [-0.2, 0) is 21.4 Å². The Labute approximate surface area is 188 Å². The lowest BCUT2D eigenvalue weighted by Gasteiger charge is -2.17. The number of sulfonamides is 1. The molecule has 1 saturated heterocycles. The van der Waals surface area contributed by atoms with Gasteiger partial charge in [-0.15, -0.1) is 23.7 Å². The van der Waals surface area contributed by atoms with Gasteiger partial charge >= 0.3 is 0 Å². The molecule has 1 amide bonds. The number of benzene rings is 1. The van der Waals surface area contributed by atoms with E-state index >= 15 is 0 Å².